The van der Waals surface area contributed by atoms with Crippen LogP contribution >= 0.6 is 15.9 Å². The minimum Gasteiger partial charge on any atom is -0.467 e. The van der Waals surface area contributed by atoms with Gasteiger partial charge in [-0.25, -0.2) is 4.79 Å². The Morgan fingerprint density at radius 3 is 2.62 bits per heavy atom. The van der Waals surface area contributed by atoms with Gasteiger partial charge in [0.25, 0.3) is 0 Å². The lowest BCUT2D eigenvalue weighted by atomic mass is 10.0. The van der Waals surface area contributed by atoms with Gasteiger partial charge in [0.05, 0.1) is 7.11 Å². The number of esters is 1. The van der Waals surface area contributed by atoms with Crippen molar-refractivity contribution in [3.8, 4) is 0 Å². The van der Waals surface area contributed by atoms with Gasteiger partial charge in [-0.05, 0) is 17.7 Å². The standard InChI is InChI=1S/C11H13BrO4/c1-15-10(11(14)16-2)9(13)7-4-3-5-8(12)6-7/h3-6,9-10,13H,1-2H3. The lowest BCUT2D eigenvalue weighted by Crippen LogP contribution is -2.31. The Bertz CT molecular complexity index is 367. The third kappa shape index (κ3) is 3.04. The Morgan fingerprint density at radius 1 is 1.44 bits per heavy atom. The van der Waals surface area contributed by atoms with Gasteiger partial charge in [-0.3, -0.25) is 0 Å². The van der Waals surface area contributed by atoms with Crippen LogP contribution in [-0.4, -0.2) is 31.4 Å². The lowest BCUT2D eigenvalue weighted by molar-refractivity contribution is -0.159. The molecule has 88 valence electrons. The molecule has 0 aromatic heterocycles. The molecule has 0 saturated carbocycles. The smallest absolute Gasteiger partial charge is 0.338 e. The van der Waals surface area contributed by atoms with E-state index in [0.29, 0.717) is 5.56 Å². The van der Waals surface area contributed by atoms with E-state index in [1.165, 1.54) is 14.2 Å². The number of methoxy groups -OCH3 is 2. The van der Waals surface area contributed by atoms with Crippen LogP contribution in [0.3, 0.4) is 0 Å². The van der Waals surface area contributed by atoms with Crippen molar-refractivity contribution in [3.05, 3.63) is 34.3 Å². The fourth-order valence-electron chi connectivity index (χ4n) is 1.34. The molecule has 5 heteroatoms. The summed E-state index contributed by atoms with van der Waals surface area (Å²) < 4.78 is 10.3. The van der Waals surface area contributed by atoms with Crippen LogP contribution in [0.2, 0.25) is 0 Å². The van der Waals surface area contributed by atoms with E-state index < -0.39 is 18.2 Å². The molecule has 0 amide bonds. The molecule has 0 aliphatic rings. The van der Waals surface area contributed by atoms with E-state index in [1.54, 1.807) is 18.2 Å². The van der Waals surface area contributed by atoms with Crippen molar-refractivity contribution >= 4 is 21.9 Å². The Balaban J connectivity index is 2.90. The largest absolute Gasteiger partial charge is 0.467 e. The van der Waals surface area contributed by atoms with E-state index in [4.69, 9.17) is 4.74 Å². The van der Waals surface area contributed by atoms with E-state index in [9.17, 15) is 9.90 Å². The highest BCUT2D eigenvalue weighted by atomic mass is 79.9. The number of aliphatic hydroxyl groups excluding tert-OH is 1. The summed E-state index contributed by atoms with van der Waals surface area (Å²) in [5.41, 5.74) is 0.589. The average molecular weight is 289 g/mol. The van der Waals surface area contributed by atoms with Gasteiger partial charge in [0.15, 0.2) is 6.10 Å². The molecule has 1 aromatic carbocycles. The predicted octanol–water partition coefficient (Wildman–Crippen LogP) is 1.67. The molecule has 0 aliphatic heterocycles. The van der Waals surface area contributed by atoms with Crippen molar-refractivity contribution in [2.75, 3.05) is 14.2 Å². The maximum absolute atomic E-state index is 11.3. The molecular formula is C11H13BrO4. The number of hydrogen-bond acceptors (Lipinski definition) is 4. The van der Waals surface area contributed by atoms with Gasteiger partial charge in [0.1, 0.15) is 6.10 Å². The topological polar surface area (TPSA) is 55.8 Å². The first kappa shape index (κ1) is 13.2. The first-order valence-electron chi connectivity index (χ1n) is 4.64. The Hall–Kier alpha value is -0.910. The summed E-state index contributed by atoms with van der Waals surface area (Å²) in [5.74, 6) is -0.602. The molecule has 0 spiro atoms. The summed E-state index contributed by atoms with van der Waals surface area (Å²) in [4.78, 5) is 11.3. The third-order valence-electron chi connectivity index (χ3n) is 2.16. The second kappa shape index (κ2) is 5.98. The number of aliphatic hydroxyl groups is 1. The number of halogens is 1. The third-order valence-corrected chi connectivity index (χ3v) is 2.66. The van der Waals surface area contributed by atoms with Crippen molar-refractivity contribution in [1.29, 1.82) is 0 Å². The number of benzene rings is 1. The van der Waals surface area contributed by atoms with Gasteiger partial charge in [-0.1, -0.05) is 28.1 Å². The monoisotopic (exact) mass is 288 g/mol. The molecule has 2 atom stereocenters. The van der Waals surface area contributed by atoms with Crippen LogP contribution in [0.1, 0.15) is 11.7 Å². The van der Waals surface area contributed by atoms with Gasteiger partial charge >= 0.3 is 5.97 Å². The highest BCUT2D eigenvalue weighted by Crippen LogP contribution is 2.22. The maximum Gasteiger partial charge on any atom is 0.338 e. The highest BCUT2D eigenvalue weighted by molar-refractivity contribution is 9.10. The molecule has 0 heterocycles. The summed E-state index contributed by atoms with van der Waals surface area (Å²) in [6, 6.07) is 7.03. The van der Waals surface area contributed by atoms with Crippen LogP contribution in [0.5, 0.6) is 0 Å². The van der Waals surface area contributed by atoms with Crippen LogP contribution in [0.25, 0.3) is 0 Å². The summed E-state index contributed by atoms with van der Waals surface area (Å²) >= 11 is 3.29. The minimum absolute atomic E-state index is 0.589. The highest BCUT2D eigenvalue weighted by Gasteiger charge is 2.28. The van der Waals surface area contributed by atoms with E-state index in [0.717, 1.165) is 4.47 Å². The first-order valence-corrected chi connectivity index (χ1v) is 5.43. The van der Waals surface area contributed by atoms with E-state index >= 15 is 0 Å². The molecule has 4 nitrogen and oxygen atoms in total. The number of carbonyl (C=O) groups is 1. The molecule has 1 N–H and O–H groups in total. The van der Waals surface area contributed by atoms with Crippen molar-refractivity contribution in [1.82, 2.24) is 0 Å². The van der Waals surface area contributed by atoms with Crippen LogP contribution < -0.4 is 0 Å². The van der Waals surface area contributed by atoms with Crippen molar-refractivity contribution in [2.45, 2.75) is 12.2 Å². The van der Waals surface area contributed by atoms with Gasteiger partial charge in [-0.15, -0.1) is 0 Å². The van der Waals surface area contributed by atoms with Crippen LogP contribution in [0, 0.1) is 0 Å². The van der Waals surface area contributed by atoms with Gasteiger partial charge in [0, 0.05) is 11.6 Å². The summed E-state index contributed by atoms with van der Waals surface area (Å²) in [5, 5.41) is 9.96. The SMILES string of the molecule is COC(=O)C(OC)C(O)c1cccc(Br)c1. The Labute approximate surface area is 102 Å². The van der Waals surface area contributed by atoms with E-state index in [2.05, 4.69) is 20.7 Å². The quantitative estimate of drug-likeness (QED) is 0.857. The predicted molar refractivity (Wildman–Crippen MR) is 61.9 cm³/mol. The molecule has 0 bridgehead atoms. The minimum atomic E-state index is -1.05. The zero-order valence-electron chi connectivity index (χ0n) is 9.01. The number of carbonyl (C=O) groups excluding carboxylic acids is 1. The van der Waals surface area contributed by atoms with E-state index in [1.807, 2.05) is 6.07 Å². The summed E-state index contributed by atoms with van der Waals surface area (Å²) in [6.07, 6.45) is -2.06. The second-order valence-electron chi connectivity index (χ2n) is 3.18. The molecule has 0 fully saturated rings. The molecule has 0 saturated heterocycles. The molecular weight excluding hydrogens is 276 g/mol. The van der Waals surface area contributed by atoms with Gasteiger partial charge < -0.3 is 14.6 Å². The zero-order chi connectivity index (χ0) is 12.1. The van der Waals surface area contributed by atoms with Crippen LogP contribution in [-0.2, 0) is 14.3 Å². The summed E-state index contributed by atoms with van der Waals surface area (Å²) in [7, 11) is 2.60. The molecule has 1 rings (SSSR count). The molecule has 16 heavy (non-hydrogen) atoms. The maximum atomic E-state index is 11.3. The Kier molecular flexibility index (Phi) is 4.92. The Morgan fingerprint density at radius 2 is 2.12 bits per heavy atom. The molecule has 2 unspecified atom stereocenters. The van der Waals surface area contributed by atoms with Gasteiger partial charge in [0.2, 0.25) is 0 Å². The number of rotatable bonds is 4. The van der Waals surface area contributed by atoms with Crippen molar-refractivity contribution < 1.29 is 19.4 Å². The average Bonchev–Trinajstić information content (AvgIpc) is 2.29. The van der Waals surface area contributed by atoms with E-state index in [-0.39, 0.29) is 0 Å². The fraction of sp³-hybridized carbons (Fsp3) is 0.364. The number of ether oxygens (including phenoxy) is 2. The van der Waals surface area contributed by atoms with Crippen molar-refractivity contribution in [2.24, 2.45) is 0 Å². The molecule has 0 radical (unpaired) electrons. The molecule has 0 aliphatic carbocycles. The first-order chi connectivity index (χ1) is 7.60. The number of hydrogen-bond donors (Lipinski definition) is 1. The van der Waals surface area contributed by atoms with Gasteiger partial charge in [-0.2, -0.15) is 0 Å². The van der Waals surface area contributed by atoms with Crippen molar-refractivity contribution in [3.63, 3.8) is 0 Å². The zero-order valence-corrected chi connectivity index (χ0v) is 10.6. The van der Waals surface area contributed by atoms with Crippen LogP contribution in [0.4, 0.5) is 0 Å². The van der Waals surface area contributed by atoms with Crippen LogP contribution in [0.15, 0.2) is 28.7 Å². The lowest BCUT2D eigenvalue weighted by Gasteiger charge is -2.19. The second-order valence-corrected chi connectivity index (χ2v) is 4.09. The molecule has 1 aromatic rings. The fourth-order valence-corrected chi connectivity index (χ4v) is 1.75. The normalized spacial score (nSPS) is 14.2. The summed E-state index contributed by atoms with van der Waals surface area (Å²) in [6.45, 7) is 0.